The lowest BCUT2D eigenvalue weighted by Crippen LogP contribution is -2.37. The van der Waals surface area contributed by atoms with Gasteiger partial charge in [-0.1, -0.05) is 25.4 Å². The number of rotatable bonds is 3. The Hall–Kier alpha value is -0.800. The second-order valence-corrected chi connectivity index (χ2v) is 6.19. The van der Waals surface area contributed by atoms with Crippen molar-refractivity contribution in [1.29, 1.82) is 0 Å². The minimum absolute atomic E-state index is 0.469. The number of anilines is 1. The quantitative estimate of drug-likeness (QED) is 0.912. The van der Waals surface area contributed by atoms with Gasteiger partial charge in [-0.05, 0) is 37.4 Å². The van der Waals surface area contributed by atoms with Gasteiger partial charge in [0, 0.05) is 19.6 Å². The van der Waals surface area contributed by atoms with Crippen LogP contribution in [-0.4, -0.2) is 25.1 Å². The fraction of sp³-hybridized carbons (Fsp3) is 0.643. The number of hydrogen-bond donors (Lipinski definition) is 1. The summed E-state index contributed by atoms with van der Waals surface area (Å²) in [5.74, 6) is 1.06. The SMILES string of the molecule is CNCc1nc(N2CCC(C)(C)CC2)ccc1Cl. The largest absolute Gasteiger partial charge is 0.357 e. The van der Waals surface area contributed by atoms with Crippen molar-refractivity contribution in [3.05, 3.63) is 22.8 Å². The Kier molecular flexibility index (Phi) is 4.13. The van der Waals surface area contributed by atoms with Crippen molar-refractivity contribution in [2.45, 2.75) is 33.2 Å². The number of pyridine rings is 1. The van der Waals surface area contributed by atoms with Gasteiger partial charge in [0.1, 0.15) is 5.82 Å². The molecule has 3 nitrogen and oxygen atoms in total. The molecule has 18 heavy (non-hydrogen) atoms. The van der Waals surface area contributed by atoms with Crippen molar-refractivity contribution in [3.63, 3.8) is 0 Å². The fourth-order valence-electron chi connectivity index (χ4n) is 2.28. The van der Waals surface area contributed by atoms with Gasteiger partial charge in [-0.25, -0.2) is 4.98 Å². The van der Waals surface area contributed by atoms with Crippen LogP contribution in [-0.2, 0) is 6.54 Å². The highest BCUT2D eigenvalue weighted by molar-refractivity contribution is 6.31. The average molecular weight is 268 g/mol. The highest BCUT2D eigenvalue weighted by Crippen LogP contribution is 2.32. The maximum Gasteiger partial charge on any atom is 0.128 e. The van der Waals surface area contributed by atoms with Crippen molar-refractivity contribution < 1.29 is 0 Å². The normalized spacial score (nSPS) is 19.0. The van der Waals surface area contributed by atoms with Gasteiger partial charge in [-0.15, -0.1) is 0 Å². The van der Waals surface area contributed by atoms with E-state index in [2.05, 4.69) is 29.0 Å². The van der Waals surface area contributed by atoms with E-state index in [1.165, 1.54) is 12.8 Å². The van der Waals surface area contributed by atoms with Crippen LogP contribution in [0.15, 0.2) is 12.1 Å². The molecule has 4 heteroatoms. The van der Waals surface area contributed by atoms with E-state index in [0.29, 0.717) is 12.0 Å². The first-order valence-electron chi connectivity index (χ1n) is 6.57. The van der Waals surface area contributed by atoms with Crippen LogP contribution in [0.25, 0.3) is 0 Å². The topological polar surface area (TPSA) is 28.2 Å². The van der Waals surface area contributed by atoms with Gasteiger partial charge in [0.25, 0.3) is 0 Å². The molecule has 0 bridgehead atoms. The molecule has 1 saturated heterocycles. The third kappa shape index (κ3) is 3.15. The Morgan fingerprint density at radius 2 is 2.00 bits per heavy atom. The van der Waals surface area contributed by atoms with Crippen molar-refractivity contribution in [1.82, 2.24) is 10.3 Å². The molecule has 0 spiro atoms. The minimum atomic E-state index is 0.469. The van der Waals surface area contributed by atoms with Gasteiger partial charge in [-0.2, -0.15) is 0 Å². The molecule has 1 aromatic heterocycles. The summed E-state index contributed by atoms with van der Waals surface area (Å²) in [4.78, 5) is 7.03. The molecule has 0 aliphatic carbocycles. The van der Waals surface area contributed by atoms with E-state index in [0.717, 1.165) is 29.6 Å². The van der Waals surface area contributed by atoms with Gasteiger partial charge < -0.3 is 10.2 Å². The summed E-state index contributed by atoms with van der Waals surface area (Å²) in [6.45, 7) is 7.56. The Balaban J connectivity index is 2.12. The first kappa shape index (κ1) is 13.6. The van der Waals surface area contributed by atoms with Crippen molar-refractivity contribution >= 4 is 17.4 Å². The number of halogens is 1. The zero-order valence-electron chi connectivity index (χ0n) is 11.5. The second-order valence-electron chi connectivity index (χ2n) is 5.78. The lowest BCUT2D eigenvalue weighted by atomic mass is 9.83. The van der Waals surface area contributed by atoms with Gasteiger partial charge in [0.05, 0.1) is 10.7 Å². The molecule has 0 atom stereocenters. The number of nitrogens with zero attached hydrogens (tertiary/aromatic N) is 2. The molecule has 1 N–H and O–H groups in total. The summed E-state index contributed by atoms with van der Waals surface area (Å²) in [6, 6.07) is 3.98. The average Bonchev–Trinajstić information content (AvgIpc) is 2.32. The third-order valence-corrected chi connectivity index (χ3v) is 4.03. The lowest BCUT2D eigenvalue weighted by molar-refractivity contribution is 0.279. The lowest BCUT2D eigenvalue weighted by Gasteiger charge is -2.37. The van der Waals surface area contributed by atoms with E-state index >= 15 is 0 Å². The standard InChI is InChI=1S/C14H22ClN3/c1-14(2)6-8-18(9-7-14)13-5-4-11(15)12(17-13)10-16-3/h4-5,16H,6-10H2,1-3H3. The van der Waals surface area contributed by atoms with Crippen LogP contribution in [0, 0.1) is 5.41 Å². The van der Waals surface area contributed by atoms with Crippen molar-refractivity contribution in [3.8, 4) is 0 Å². The maximum absolute atomic E-state index is 6.14. The predicted octanol–water partition coefficient (Wildman–Crippen LogP) is 3.08. The van der Waals surface area contributed by atoms with Crippen molar-refractivity contribution in [2.24, 2.45) is 5.41 Å². The zero-order chi connectivity index (χ0) is 13.2. The molecule has 0 radical (unpaired) electrons. The summed E-state index contributed by atoms with van der Waals surface area (Å²) in [7, 11) is 1.91. The van der Waals surface area contributed by atoms with Crippen LogP contribution < -0.4 is 10.2 Å². The molecular weight excluding hydrogens is 246 g/mol. The molecule has 0 saturated carbocycles. The van der Waals surface area contributed by atoms with E-state index in [-0.39, 0.29) is 0 Å². The summed E-state index contributed by atoms with van der Waals surface area (Å²) in [6.07, 6.45) is 2.44. The zero-order valence-corrected chi connectivity index (χ0v) is 12.2. The van der Waals surface area contributed by atoms with E-state index in [9.17, 15) is 0 Å². The van der Waals surface area contributed by atoms with Crippen LogP contribution in [0.1, 0.15) is 32.4 Å². The monoisotopic (exact) mass is 267 g/mol. The molecule has 100 valence electrons. The Bertz CT molecular complexity index is 408. The van der Waals surface area contributed by atoms with Gasteiger partial charge >= 0.3 is 0 Å². The smallest absolute Gasteiger partial charge is 0.128 e. The Morgan fingerprint density at radius 1 is 1.33 bits per heavy atom. The molecule has 1 aliphatic rings. The highest BCUT2D eigenvalue weighted by Gasteiger charge is 2.26. The van der Waals surface area contributed by atoms with Crippen LogP contribution in [0.3, 0.4) is 0 Å². The predicted molar refractivity (Wildman–Crippen MR) is 77.2 cm³/mol. The first-order chi connectivity index (χ1) is 8.52. The summed E-state index contributed by atoms with van der Waals surface area (Å²) >= 11 is 6.14. The number of aromatic nitrogens is 1. The molecule has 0 aromatic carbocycles. The minimum Gasteiger partial charge on any atom is -0.357 e. The molecule has 1 fully saturated rings. The van der Waals surface area contributed by atoms with Crippen LogP contribution in [0.2, 0.25) is 5.02 Å². The Morgan fingerprint density at radius 3 is 2.61 bits per heavy atom. The number of nitrogens with one attached hydrogen (secondary N) is 1. The van der Waals surface area contributed by atoms with Gasteiger partial charge in [0.15, 0.2) is 0 Å². The molecule has 2 heterocycles. The third-order valence-electron chi connectivity index (χ3n) is 3.69. The summed E-state index contributed by atoms with van der Waals surface area (Å²) in [5.41, 5.74) is 1.40. The summed E-state index contributed by atoms with van der Waals surface area (Å²) in [5, 5.41) is 3.84. The van der Waals surface area contributed by atoms with Crippen LogP contribution in [0.4, 0.5) is 5.82 Å². The van der Waals surface area contributed by atoms with E-state index < -0.39 is 0 Å². The molecular formula is C14H22ClN3. The second kappa shape index (κ2) is 5.45. The molecule has 2 rings (SSSR count). The highest BCUT2D eigenvalue weighted by atomic mass is 35.5. The molecule has 1 aliphatic heterocycles. The molecule has 0 amide bonds. The maximum atomic E-state index is 6.14. The van der Waals surface area contributed by atoms with Crippen molar-refractivity contribution in [2.75, 3.05) is 25.0 Å². The molecule has 1 aromatic rings. The van der Waals surface area contributed by atoms with Gasteiger partial charge in [-0.3, -0.25) is 0 Å². The van der Waals surface area contributed by atoms with E-state index in [1.54, 1.807) is 0 Å². The first-order valence-corrected chi connectivity index (χ1v) is 6.95. The summed E-state index contributed by atoms with van der Waals surface area (Å²) < 4.78 is 0. The Labute approximate surface area is 115 Å². The van der Waals surface area contributed by atoms with E-state index in [1.807, 2.05) is 19.2 Å². The van der Waals surface area contributed by atoms with Crippen LogP contribution >= 0.6 is 11.6 Å². The molecule has 0 unspecified atom stereocenters. The van der Waals surface area contributed by atoms with Crippen LogP contribution in [0.5, 0.6) is 0 Å². The number of piperidine rings is 1. The van der Waals surface area contributed by atoms with Gasteiger partial charge in [0.2, 0.25) is 0 Å². The fourth-order valence-corrected chi connectivity index (χ4v) is 2.45. The van der Waals surface area contributed by atoms with E-state index in [4.69, 9.17) is 11.6 Å². The number of hydrogen-bond acceptors (Lipinski definition) is 3.